The van der Waals surface area contributed by atoms with Crippen LogP contribution in [0.15, 0.2) is 158 Å². The van der Waals surface area contributed by atoms with Gasteiger partial charge in [0.05, 0.1) is 0 Å². The predicted octanol–water partition coefficient (Wildman–Crippen LogP) is 23.7. The predicted molar refractivity (Wildman–Crippen MR) is 362 cm³/mol. The van der Waals surface area contributed by atoms with Gasteiger partial charge in [-0.1, -0.05) is 281 Å². The summed E-state index contributed by atoms with van der Waals surface area (Å²) >= 11 is 0. The lowest BCUT2D eigenvalue weighted by molar-refractivity contribution is -0.167. The minimum atomic E-state index is -0.810. The van der Waals surface area contributed by atoms with Crippen LogP contribution >= 0.6 is 0 Å². The number of hydrogen-bond acceptors (Lipinski definition) is 6. The molecule has 0 spiro atoms. The summed E-state index contributed by atoms with van der Waals surface area (Å²) < 4.78 is 16.9. The first-order valence-electron chi connectivity index (χ1n) is 34.0. The summed E-state index contributed by atoms with van der Waals surface area (Å²) in [5, 5.41) is 0. The zero-order valence-corrected chi connectivity index (χ0v) is 53.7. The molecule has 0 aromatic heterocycles. The van der Waals surface area contributed by atoms with E-state index in [0.29, 0.717) is 12.8 Å². The Balaban J connectivity index is 4.42. The average Bonchev–Trinajstić information content (AvgIpc) is 3.49. The Labute approximate surface area is 511 Å². The number of ether oxygens (including phenoxy) is 3. The molecule has 0 aliphatic heterocycles. The molecule has 0 rings (SSSR count). The van der Waals surface area contributed by atoms with Crippen molar-refractivity contribution in [2.24, 2.45) is 0 Å². The van der Waals surface area contributed by atoms with E-state index in [9.17, 15) is 14.4 Å². The Bertz CT molecular complexity index is 1840. The quantitative estimate of drug-likeness (QED) is 0.0261. The minimum Gasteiger partial charge on any atom is -0.462 e. The van der Waals surface area contributed by atoms with E-state index in [1.165, 1.54) is 96.3 Å². The minimum absolute atomic E-state index is 0.102. The molecule has 0 aromatic rings. The number of carbonyl (C=O) groups is 3. The zero-order chi connectivity index (χ0) is 59.9. The van der Waals surface area contributed by atoms with Gasteiger partial charge in [-0.15, -0.1) is 0 Å². The molecule has 0 saturated heterocycles. The van der Waals surface area contributed by atoms with E-state index < -0.39 is 6.10 Å². The first-order chi connectivity index (χ1) is 41.0. The van der Waals surface area contributed by atoms with E-state index in [1.54, 1.807) is 0 Å². The van der Waals surface area contributed by atoms with E-state index >= 15 is 0 Å². The fourth-order valence-electron chi connectivity index (χ4n) is 8.97. The standard InChI is InChI=1S/C77H124O6/c1-4-7-10-13-16-19-22-25-28-31-33-34-35-36-37-38-39-40-41-42-44-46-49-52-55-58-61-64-67-70-76(79)82-73-74(72-81-75(78)69-66-63-60-57-54-51-48-45-30-27-24-21-18-15-12-9-6-3)83-77(80)71-68-65-62-59-56-53-50-47-43-32-29-26-23-20-17-14-11-8-5-2/h7-8,10-11,16-21,25-30,33-34,36-37,39-40,43,47,53,56,74H,4-6,9,12-15,22-24,31-32,35,38,41-42,44-46,48-52,54-55,57-73H2,1-3H3/b10-7-,11-8-,19-16-,20-17-,21-18-,28-25-,29-26-,30-27-,34-33-,37-36-,40-39-,47-43-,56-53-. The number of carbonyl (C=O) groups excluding carboxylic acids is 3. The average molecular weight is 1150 g/mol. The van der Waals surface area contributed by atoms with Crippen LogP contribution in [0, 0.1) is 0 Å². The van der Waals surface area contributed by atoms with Gasteiger partial charge in [0.25, 0.3) is 0 Å². The third kappa shape index (κ3) is 67.7. The molecule has 468 valence electrons. The van der Waals surface area contributed by atoms with Gasteiger partial charge in [0.2, 0.25) is 0 Å². The van der Waals surface area contributed by atoms with Gasteiger partial charge in [0.15, 0.2) is 6.10 Å². The second kappa shape index (κ2) is 69.5. The van der Waals surface area contributed by atoms with Crippen molar-refractivity contribution in [3.63, 3.8) is 0 Å². The van der Waals surface area contributed by atoms with Crippen LogP contribution in [-0.4, -0.2) is 37.2 Å². The summed E-state index contributed by atoms with van der Waals surface area (Å²) in [6, 6.07) is 0. The number of rotatable bonds is 60. The highest BCUT2D eigenvalue weighted by atomic mass is 16.6. The zero-order valence-electron chi connectivity index (χ0n) is 53.7. The SMILES string of the molecule is CC/C=C\C/C=C\C/C=C\C/C=C\C/C=C\C/C=C\CCCCCCCCCCCCC(=O)OCC(COC(=O)CCCCCCCCC/C=C\C/C=C\CCCCC)OC(=O)CCCCC/C=C\C/C=C\C/C=C\C/C=C\C/C=C\CC. The molecular formula is C77H124O6. The Hall–Kier alpha value is -4.97. The number of unbranched alkanes of at least 4 members (excludes halogenated alkanes) is 23. The fourth-order valence-corrected chi connectivity index (χ4v) is 8.97. The second-order valence-corrected chi connectivity index (χ2v) is 22.0. The lowest BCUT2D eigenvalue weighted by Crippen LogP contribution is -2.30. The molecule has 0 radical (unpaired) electrons. The van der Waals surface area contributed by atoms with Crippen molar-refractivity contribution in [2.75, 3.05) is 13.2 Å². The van der Waals surface area contributed by atoms with Crippen molar-refractivity contribution in [2.45, 2.75) is 297 Å². The van der Waals surface area contributed by atoms with Gasteiger partial charge >= 0.3 is 17.9 Å². The lowest BCUT2D eigenvalue weighted by atomic mass is 10.1. The highest BCUT2D eigenvalue weighted by Gasteiger charge is 2.19. The monoisotopic (exact) mass is 1140 g/mol. The van der Waals surface area contributed by atoms with Gasteiger partial charge in [-0.05, 0) is 148 Å². The Morgan fingerprint density at radius 2 is 0.470 bits per heavy atom. The van der Waals surface area contributed by atoms with Crippen molar-refractivity contribution in [3.8, 4) is 0 Å². The summed E-state index contributed by atoms with van der Waals surface area (Å²) in [6.07, 6.45) is 101. The third-order valence-corrected chi connectivity index (χ3v) is 14.0. The Morgan fingerprint density at radius 1 is 0.253 bits per heavy atom. The first kappa shape index (κ1) is 78.0. The molecule has 6 nitrogen and oxygen atoms in total. The molecule has 0 heterocycles. The molecule has 0 fully saturated rings. The van der Waals surface area contributed by atoms with Gasteiger partial charge in [-0.25, -0.2) is 0 Å². The van der Waals surface area contributed by atoms with Crippen LogP contribution < -0.4 is 0 Å². The summed E-state index contributed by atoms with van der Waals surface area (Å²) in [6.45, 7) is 6.36. The van der Waals surface area contributed by atoms with Crippen LogP contribution in [0.2, 0.25) is 0 Å². The van der Waals surface area contributed by atoms with E-state index in [1.807, 2.05) is 0 Å². The first-order valence-corrected chi connectivity index (χ1v) is 34.0. The number of esters is 3. The molecule has 0 amide bonds. The van der Waals surface area contributed by atoms with Gasteiger partial charge in [-0.3, -0.25) is 14.4 Å². The summed E-state index contributed by atoms with van der Waals surface area (Å²) in [4.78, 5) is 38.4. The van der Waals surface area contributed by atoms with Gasteiger partial charge in [0, 0.05) is 19.3 Å². The van der Waals surface area contributed by atoms with Crippen LogP contribution in [0.5, 0.6) is 0 Å². The summed E-state index contributed by atoms with van der Waals surface area (Å²) in [5.41, 5.74) is 0. The van der Waals surface area contributed by atoms with Crippen molar-refractivity contribution >= 4 is 17.9 Å². The van der Waals surface area contributed by atoms with Crippen LogP contribution in [-0.2, 0) is 28.6 Å². The van der Waals surface area contributed by atoms with Crippen molar-refractivity contribution < 1.29 is 28.6 Å². The van der Waals surface area contributed by atoms with Gasteiger partial charge in [-0.2, -0.15) is 0 Å². The van der Waals surface area contributed by atoms with Crippen LogP contribution in [0.25, 0.3) is 0 Å². The van der Waals surface area contributed by atoms with Crippen molar-refractivity contribution in [1.82, 2.24) is 0 Å². The highest BCUT2D eigenvalue weighted by molar-refractivity contribution is 5.71. The third-order valence-electron chi connectivity index (χ3n) is 14.0. The maximum atomic E-state index is 12.9. The van der Waals surface area contributed by atoms with Crippen molar-refractivity contribution in [1.29, 1.82) is 0 Å². The number of allylic oxidation sites excluding steroid dienone is 26. The second-order valence-electron chi connectivity index (χ2n) is 22.0. The molecule has 0 aliphatic rings. The van der Waals surface area contributed by atoms with E-state index in [2.05, 4.69) is 179 Å². The van der Waals surface area contributed by atoms with E-state index in [-0.39, 0.29) is 37.5 Å². The van der Waals surface area contributed by atoms with E-state index in [4.69, 9.17) is 14.2 Å². The topological polar surface area (TPSA) is 78.9 Å². The summed E-state index contributed by atoms with van der Waals surface area (Å²) in [5.74, 6) is -0.945. The molecule has 6 heteroatoms. The van der Waals surface area contributed by atoms with Crippen molar-refractivity contribution in [3.05, 3.63) is 158 Å². The fraction of sp³-hybridized carbons (Fsp3) is 0.623. The van der Waals surface area contributed by atoms with Crippen LogP contribution in [0.4, 0.5) is 0 Å². The molecular weight excluding hydrogens is 1020 g/mol. The van der Waals surface area contributed by atoms with Crippen LogP contribution in [0.1, 0.15) is 290 Å². The Kier molecular flexibility index (Phi) is 65.4. The molecule has 1 atom stereocenters. The highest BCUT2D eigenvalue weighted by Crippen LogP contribution is 2.15. The molecule has 0 saturated carbocycles. The van der Waals surface area contributed by atoms with Crippen LogP contribution in [0.3, 0.4) is 0 Å². The van der Waals surface area contributed by atoms with Gasteiger partial charge in [0.1, 0.15) is 13.2 Å². The molecule has 0 bridgehead atoms. The van der Waals surface area contributed by atoms with Gasteiger partial charge < -0.3 is 14.2 Å². The summed E-state index contributed by atoms with van der Waals surface area (Å²) in [7, 11) is 0. The lowest BCUT2D eigenvalue weighted by Gasteiger charge is -2.18. The molecule has 0 aromatic carbocycles. The molecule has 0 aliphatic carbocycles. The smallest absolute Gasteiger partial charge is 0.306 e. The molecule has 83 heavy (non-hydrogen) atoms. The maximum absolute atomic E-state index is 12.9. The molecule has 0 N–H and O–H groups in total. The molecule has 1 unspecified atom stereocenters. The largest absolute Gasteiger partial charge is 0.462 e. The Morgan fingerprint density at radius 3 is 0.747 bits per heavy atom. The van der Waals surface area contributed by atoms with E-state index in [0.717, 1.165) is 154 Å². The maximum Gasteiger partial charge on any atom is 0.306 e. The number of hydrogen-bond donors (Lipinski definition) is 0. The normalized spacial score (nSPS) is 13.1.